The molecule has 1 aromatic rings. The Morgan fingerprint density at radius 1 is 0.920 bits per heavy atom. The summed E-state index contributed by atoms with van der Waals surface area (Å²) in [5.74, 6) is 0. The summed E-state index contributed by atoms with van der Waals surface area (Å²) in [7, 11) is -2.09. The maximum atomic E-state index is 6.45. The van der Waals surface area contributed by atoms with Crippen LogP contribution >= 0.6 is 0 Å². The van der Waals surface area contributed by atoms with E-state index in [1.54, 1.807) is 0 Å². The molecule has 1 fully saturated rings. The van der Waals surface area contributed by atoms with Crippen LogP contribution in [0.5, 0.6) is 0 Å². The van der Waals surface area contributed by atoms with Gasteiger partial charge in [-0.15, -0.1) is 0 Å². The lowest BCUT2D eigenvalue weighted by Gasteiger charge is -2.44. The molecule has 0 aromatic heterocycles. The van der Waals surface area contributed by atoms with Crippen LogP contribution in [0.1, 0.15) is 55.4 Å². The minimum Gasteiger partial charge on any atom is -0.400 e. The van der Waals surface area contributed by atoms with Crippen molar-refractivity contribution in [1.29, 1.82) is 0 Å². The zero-order valence-electron chi connectivity index (χ0n) is 17.8. The number of hydrogen-bond donors (Lipinski definition) is 0. The van der Waals surface area contributed by atoms with E-state index in [2.05, 4.69) is 98.8 Å². The average Bonchev–Trinajstić information content (AvgIpc) is 2.66. The molecule has 0 bridgehead atoms. The average molecular weight is 358 g/mol. The highest BCUT2D eigenvalue weighted by atomic mass is 28.3. The lowest BCUT2D eigenvalue weighted by molar-refractivity contribution is 0.00578. The van der Waals surface area contributed by atoms with Crippen molar-refractivity contribution in [2.24, 2.45) is 0 Å². The maximum absolute atomic E-state index is 6.45. The fourth-order valence-corrected chi connectivity index (χ4v) is 6.46. The molecule has 1 aromatic carbocycles. The van der Waals surface area contributed by atoms with E-state index in [9.17, 15) is 0 Å². The number of benzene rings is 1. The Balaban J connectivity index is 2.50. The van der Waals surface area contributed by atoms with E-state index in [0.717, 1.165) is 0 Å². The first-order valence-electron chi connectivity index (χ1n) is 9.33. The van der Waals surface area contributed by atoms with Gasteiger partial charge in [-0.05, 0) is 52.1 Å². The van der Waals surface area contributed by atoms with E-state index in [0.29, 0.717) is 0 Å². The van der Waals surface area contributed by atoms with E-state index >= 15 is 0 Å². The predicted octanol–water partition coefficient (Wildman–Crippen LogP) is 5.35. The molecule has 25 heavy (non-hydrogen) atoms. The maximum Gasteiger partial charge on any atom is 0.490 e. The van der Waals surface area contributed by atoms with Crippen LogP contribution in [-0.2, 0) is 9.31 Å². The first kappa shape index (κ1) is 20.5. The lowest BCUT2D eigenvalue weighted by atomic mass is 9.69. The third-order valence-electron chi connectivity index (χ3n) is 6.76. The largest absolute Gasteiger partial charge is 0.490 e. The summed E-state index contributed by atoms with van der Waals surface area (Å²) in [6, 6.07) is 11.0. The van der Waals surface area contributed by atoms with E-state index in [-0.39, 0.29) is 23.4 Å². The van der Waals surface area contributed by atoms with Gasteiger partial charge in [0, 0.05) is 0 Å². The zero-order valence-corrected chi connectivity index (χ0v) is 18.8. The van der Waals surface area contributed by atoms with Crippen LogP contribution in [0.25, 0.3) is 0 Å². The van der Waals surface area contributed by atoms with E-state index < -0.39 is 8.07 Å². The third-order valence-corrected chi connectivity index (χ3v) is 11.9. The molecule has 1 aliphatic heterocycles. The summed E-state index contributed by atoms with van der Waals surface area (Å²) < 4.78 is 12.9. The molecule has 0 radical (unpaired) electrons. The fraction of sp³-hybridized carbons (Fsp3) is 0.619. The molecule has 2 nitrogen and oxygen atoms in total. The van der Waals surface area contributed by atoms with Gasteiger partial charge in [0.1, 0.15) is 0 Å². The summed E-state index contributed by atoms with van der Waals surface area (Å²) in [5, 5.41) is 1.48. The Bertz CT molecular complexity index is 640. The molecule has 2 rings (SSSR count). The molecule has 0 spiro atoms. The third kappa shape index (κ3) is 3.41. The van der Waals surface area contributed by atoms with Crippen molar-refractivity contribution in [2.75, 3.05) is 0 Å². The Hall–Kier alpha value is -0.838. The van der Waals surface area contributed by atoms with Crippen molar-refractivity contribution in [2.45, 2.75) is 84.7 Å². The molecule has 1 aliphatic rings. The zero-order chi connectivity index (χ0) is 19.3. The van der Waals surface area contributed by atoms with Gasteiger partial charge < -0.3 is 9.31 Å². The van der Waals surface area contributed by atoms with Crippen LogP contribution in [-0.4, -0.2) is 26.4 Å². The quantitative estimate of drug-likeness (QED) is 0.676. The van der Waals surface area contributed by atoms with Gasteiger partial charge in [0.05, 0.1) is 19.3 Å². The molecule has 138 valence electrons. The smallest absolute Gasteiger partial charge is 0.400 e. The summed E-state index contributed by atoms with van der Waals surface area (Å²) in [5.41, 5.74) is 1.99. The van der Waals surface area contributed by atoms with Gasteiger partial charge in [0.2, 0.25) is 0 Å². The van der Waals surface area contributed by atoms with Crippen LogP contribution < -0.4 is 5.19 Å². The monoisotopic (exact) mass is 358 g/mol. The van der Waals surface area contributed by atoms with Crippen LogP contribution in [0.4, 0.5) is 0 Å². The van der Waals surface area contributed by atoms with Crippen molar-refractivity contribution in [3.05, 3.63) is 41.4 Å². The topological polar surface area (TPSA) is 18.5 Å². The highest BCUT2D eigenvalue weighted by molar-refractivity contribution is 6.93. The number of rotatable bonds is 4. The van der Waals surface area contributed by atoms with E-state index in [1.165, 1.54) is 16.2 Å². The normalized spacial score (nSPS) is 19.8. The molecule has 0 saturated carbocycles. The molecule has 0 N–H and O–H groups in total. The van der Waals surface area contributed by atoms with Gasteiger partial charge in [-0.2, -0.15) is 0 Å². The highest BCUT2D eigenvalue weighted by Gasteiger charge is 2.57. The van der Waals surface area contributed by atoms with Crippen molar-refractivity contribution in [3.8, 4) is 0 Å². The van der Waals surface area contributed by atoms with Gasteiger partial charge in [0.25, 0.3) is 0 Å². The first-order valence-corrected chi connectivity index (χ1v) is 12.3. The van der Waals surface area contributed by atoms with Crippen LogP contribution in [0.3, 0.4) is 0 Å². The fourth-order valence-electron chi connectivity index (χ4n) is 3.67. The van der Waals surface area contributed by atoms with Crippen molar-refractivity contribution < 1.29 is 9.31 Å². The predicted molar refractivity (Wildman–Crippen MR) is 112 cm³/mol. The summed E-state index contributed by atoms with van der Waals surface area (Å²) in [6.45, 7) is 22.6. The Morgan fingerprint density at radius 3 is 1.76 bits per heavy atom. The second kappa shape index (κ2) is 6.40. The molecular weight excluding hydrogens is 323 g/mol. The summed E-state index contributed by atoms with van der Waals surface area (Å²) >= 11 is 0. The second-order valence-corrected chi connectivity index (χ2v) is 14.7. The molecule has 0 atom stereocenters. The number of allylic oxidation sites excluding steroid dienone is 2. The van der Waals surface area contributed by atoms with Gasteiger partial charge >= 0.3 is 7.12 Å². The molecular formula is C21H35BO2Si. The lowest BCUT2D eigenvalue weighted by Crippen LogP contribution is -2.53. The van der Waals surface area contributed by atoms with Crippen LogP contribution in [0.2, 0.25) is 18.1 Å². The molecule has 4 heteroatoms. The van der Waals surface area contributed by atoms with Crippen LogP contribution in [0, 0.1) is 0 Å². The second-order valence-electron chi connectivity index (χ2n) is 9.62. The molecule has 1 heterocycles. The Kier molecular flexibility index (Phi) is 5.24. The standard InChI is InChI=1S/C21H35BO2Si/c1-16(2)18(22-23-20(5,6)21(7,8)24-22)19(3,4)25(9,10)17-14-12-11-13-15-17/h11-15H,1-10H3. The van der Waals surface area contributed by atoms with Crippen LogP contribution in [0.15, 0.2) is 41.4 Å². The Labute approximate surface area is 156 Å². The molecule has 1 saturated heterocycles. The van der Waals surface area contributed by atoms with Crippen molar-refractivity contribution in [3.63, 3.8) is 0 Å². The van der Waals surface area contributed by atoms with Gasteiger partial charge in [-0.1, -0.05) is 68.0 Å². The number of hydrogen-bond acceptors (Lipinski definition) is 2. The Morgan fingerprint density at radius 2 is 1.36 bits per heavy atom. The first-order chi connectivity index (χ1) is 11.2. The minimum atomic E-state index is -1.81. The minimum absolute atomic E-state index is 0.00829. The van der Waals surface area contributed by atoms with Gasteiger partial charge in [-0.25, -0.2) is 0 Å². The molecule has 0 aliphatic carbocycles. The summed E-state index contributed by atoms with van der Waals surface area (Å²) in [4.78, 5) is 0. The van der Waals surface area contributed by atoms with Crippen molar-refractivity contribution in [1.82, 2.24) is 0 Å². The molecule has 0 unspecified atom stereocenters. The van der Waals surface area contributed by atoms with Gasteiger partial charge in [-0.3, -0.25) is 0 Å². The van der Waals surface area contributed by atoms with E-state index in [4.69, 9.17) is 9.31 Å². The van der Waals surface area contributed by atoms with E-state index in [1.807, 2.05) is 0 Å². The SMILES string of the molecule is CC(C)=C(B1OC(C)(C)C(C)(C)O1)C(C)(C)[Si](C)(C)c1ccccc1. The molecule has 0 amide bonds. The highest BCUT2D eigenvalue weighted by Crippen LogP contribution is 2.50. The summed E-state index contributed by atoms with van der Waals surface area (Å²) in [6.07, 6.45) is 0. The van der Waals surface area contributed by atoms with Crippen molar-refractivity contribution >= 4 is 20.4 Å². The van der Waals surface area contributed by atoms with Gasteiger partial charge in [0.15, 0.2) is 0 Å².